The monoisotopic (exact) mass is 576 g/mol. The van der Waals surface area contributed by atoms with E-state index in [4.69, 9.17) is 4.42 Å². The van der Waals surface area contributed by atoms with Gasteiger partial charge in [-0.2, -0.15) is 0 Å². The molecule has 0 N–H and O–H groups in total. The van der Waals surface area contributed by atoms with Gasteiger partial charge in [0.25, 0.3) is 0 Å². The Labute approximate surface area is 258 Å². The summed E-state index contributed by atoms with van der Waals surface area (Å²) in [6.07, 6.45) is 0. The van der Waals surface area contributed by atoms with Gasteiger partial charge in [-0.25, -0.2) is 0 Å². The van der Waals surface area contributed by atoms with Crippen LogP contribution < -0.4 is 0 Å². The van der Waals surface area contributed by atoms with Gasteiger partial charge >= 0.3 is 0 Å². The maximum Gasteiger partial charge on any atom is 0.136 e. The van der Waals surface area contributed by atoms with E-state index in [2.05, 4.69) is 140 Å². The number of benzene rings is 8. The highest BCUT2D eigenvalue weighted by Crippen LogP contribution is 2.52. The maximum absolute atomic E-state index is 6.34. The van der Waals surface area contributed by atoms with Crippen LogP contribution in [0.2, 0.25) is 0 Å². The number of furan rings is 1. The van der Waals surface area contributed by atoms with E-state index in [0.29, 0.717) is 0 Å². The van der Waals surface area contributed by atoms with Gasteiger partial charge in [0.1, 0.15) is 11.2 Å². The van der Waals surface area contributed by atoms with Gasteiger partial charge in [0, 0.05) is 25.9 Å². The highest BCUT2D eigenvalue weighted by molar-refractivity contribution is 7.99. The Morgan fingerprint density at radius 1 is 0.318 bits per heavy atom. The van der Waals surface area contributed by atoms with Crippen LogP contribution in [0.4, 0.5) is 0 Å². The van der Waals surface area contributed by atoms with Crippen LogP contribution in [-0.2, 0) is 0 Å². The molecule has 0 spiro atoms. The molecule has 0 unspecified atom stereocenters. The highest BCUT2D eigenvalue weighted by atomic mass is 32.2. The first-order chi connectivity index (χ1) is 21.8. The minimum Gasteiger partial charge on any atom is -0.456 e. The van der Waals surface area contributed by atoms with E-state index in [9.17, 15) is 0 Å². The molecule has 0 fully saturated rings. The number of hydrogen-bond donors (Lipinski definition) is 0. The lowest BCUT2D eigenvalue weighted by atomic mass is 9.83. The van der Waals surface area contributed by atoms with Gasteiger partial charge in [0.05, 0.1) is 0 Å². The molecular weight excluding hydrogens is 553 g/mol. The third kappa shape index (κ3) is 3.26. The summed E-state index contributed by atoms with van der Waals surface area (Å²) in [4.78, 5) is 2.64. The molecule has 9 aromatic rings. The zero-order valence-electron chi connectivity index (χ0n) is 23.7. The quantitative estimate of drug-likeness (QED) is 0.190. The largest absolute Gasteiger partial charge is 0.456 e. The summed E-state index contributed by atoms with van der Waals surface area (Å²) in [5, 5.41) is 9.98. The molecule has 0 saturated heterocycles. The molecule has 44 heavy (non-hydrogen) atoms. The van der Waals surface area contributed by atoms with Gasteiger partial charge in [-0.1, -0.05) is 133 Å². The lowest BCUT2D eigenvalue weighted by Crippen LogP contribution is -1.95. The summed E-state index contributed by atoms with van der Waals surface area (Å²) in [6.45, 7) is 0. The Morgan fingerprint density at radius 2 is 0.864 bits per heavy atom. The minimum absolute atomic E-state index is 0.919. The van der Waals surface area contributed by atoms with Crippen molar-refractivity contribution >= 4 is 66.0 Å². The molecule has 1 aliphatic heterocycles. The van der Waals surface area contributed by atoms with Crippen LogP contribution in [0.1, 0.15) is 0 Å². The van der Waals surface area contributed by atoms with Crippen LogP contribution >= 0.6 is 11.8 Å². The number of rotatable bonds is 2. The molecule has 8 aromatic carbocycles. The Balaban J connectivity index is 1.35. The summed E-state index contributed by atoms with van der Waals surface area (Å²) >= 11 is 1.88. The van der Waals surface area contributed by atoms with Crippen LogP contribution in [0.25, 0.3) is 87.6 Å². The first kappa shape index (κ1) is 24.2. The van der Waals surface area contributed by atoms with E-state index < -0.39 is 0 Å². The fourth-order valence-corrected chi connectivity index (χ4v) is 8.62. The molecule has 1 aliphatic rings. The third-order valence-electron chi connectivity index (χ3n) is 9.27. The zero-order valence-corrected chi connectivity index (χ0v) is 24.5. The van der Waals surface area contributed by atoms with E-state index in [0.717, 1.165) is 16.6 Å². The van der Waals surface area contributed by atoms with E-state index in [-0.39, 0.29) is 0 Å². The van der Waals surface area contributed by atoms with Crippen molar-refractivity contribution in [1.82, 2.24) is 0 Å². The summed E-state index contributed by atoms with van der Waals surface area (Å²) < 4.78 is 6.34. The van der Waals surface area contributed by atoms with E-state index >= 15 is 0 Å². The summed E-state index contributed by atoms with van der Waals surface area (Å²) in [7, 11) is 0. The zero-order chi connectivity index (χ0) is 28.8. The lowest BCUT2D eigenvalue weighted by Gasteiger charge is -2.23. The Hall–Kier alpha value is -5.31. The van der Waals surface area contributed by atoms with Crippen molar-refractivity contribution in [2.45, 2.75) is 9.79 Å². The fraction of sp³-hybridized carbons (Fsp3) is 0. The van der Waals surface area contributed by atoms with Gasteiger partial charge in [-0.3, -0.25) is 0 Å². The Morgan fingerprint density at radius 3 is 1.64 bits per heavy atom. The molecule has 0 atom stereocenters. The second-order valence-electron chi connectivity index (χ2n) is 11.6. The van der Waals surface area contributed by atoms with Crippen molar-refractivity contribution in [2.24, 2.45) is 0 Å². The number of para-hydroxylation sites is 1. The predicted molar refractivity (Wildman–Crippen MR) is 187 cm³/mol. The Bertz CT molecular complexity index is 2580. The average Bonchev–Trinajstić information content (AvgIpc) is 3.47. The first-order valence-electron chi connectivity index (χ1n) is 15.0. The topological polar surface area (TPSA) is 13.1 Å². The predicted octanol–water partition coefficient (Wildman–Crippen LogP) is 12.5. The molecule has 2 heterocycles. The second kappa shape index (κ2) is 9.09. The molecule has 1 nitrogen and oxygen atoms in total. The SMILES string of the molecule is c1ccc2c(c1)Sc1ccc(-c3c4ccccc4c(-c4cccc5oc6ccccc6c45)c4ccccc34)c3cccc-2c13. The van der Waals surface area contributed by atoms with Crippen molar-refractivity contribution < 1.29 is 4.42 Å². The van der Waals surface area contributed by atoms with E-state index in [1.54, 1.807) is 0 Å². The summed E-state index contributed by atoms with van der Waals surface area (Å²) in [5.41, 5.74) is 9.50. The van der Waals surface area contributed by atoms with Crippen LogP contribution in [-0.4, -0.2) is 0 Å². The number of fused-ring (bicyclic) bond motifs is 7. The highest BCUT2D eigenvalue weighted by Gasteiger charge is 2.24. The molecule has 1 aromatic heterocycles. The van der Waals surface area contributed by atoms with Gasteiger partial charge in [0.2, 0.25) is 0 Å². The average molecular weight is 577 g/mol. The van der Waals surface area contributed by atoms with Crippen LogP contribution in [0, 0.1) is 0 Å². The Kier molecular flexibility index (Phi) is 5.00. The van der Waals surface area contributed by atoms with Crippen molar-refractivity contribution in [2.75, 3.05) is 0 Å². The molecule has 0 radical (unpaired) electrons. The second-order valence-corrected chi connectivity index (χ2v) is 12.6. The molecule has 0 saturated carbocycles. The maximum atomic E-state index is 6.34. The molecule has 10 rings (SSSR count). The molecular formula is C42H24OS. The molecule has 204 valence electrons. The normalized spacial score (nSPS) is 12.5. The standard InChI is InChI=1S/C42H24OS/c1-3-14-29-27(12-1)39(32-23-24-38-42-26(17-9-18-31(32)42)25-11-6-8-22-37(25)44-38)28-13-2-4-15-30(28)40(29)34-19-10-21-36-41(34)33-16-5-7-20-35(33)43-36/h1-24H. The van der Waals surface area contributed by atoms with E-state index in [1.165, 1.54) is 80.9 Å². The van der Waals surface area contributed by atoms with Crippen molar-refractivity contribution in [1.29, 1.82) is 0 Å². The van der Waals surface area contributed by atoms with Gasteiger partial charge in [-0.15, -0.1) is 0 Å². The fourth-order valence-electron chi connectivity index (χ4n) is 7.49. The van der Waals surface area contributed by atoms with Crippen LogP contribution in [0.5, 0.6) is 0 Å². The van der Waals surface area contributed by atoms with Gasteiger partial charge in [0.15, 0.2) is 0 Å². The van der Waals surface area contributed by atoms with Gasteiger partial charge < -0.3 is 4.42 Å². The smallest absolute Gasteiger partial charge is 0.136 e. The van der Waals surface area contributed by atoms with Crippen molar-refractivity contribution in [3.8, 4) is 33.4 Å². The molecule has 0 bridgehead atoms. The molecule has 2 heteroatoms. The van der Waals surface area contributed by atoms with Crippen molar-refractivity contribution in [3.05, 3.63) is 146 Å². The summed E-state index contributed by atoms with van der Waals surface area (Å²) in [6, 6.07) is 53.0. The lowest BCUT2D eigenvalue weighted by molar-refractivity contribution is 0.669. The first-order valence-corrected chi connectivity index (χ1v) is 15.8. The third-order valence-corrected chi connectivity index (χ3v) is 10.4. The van der Waals surface area contributed by atoms with E-state index in [1.807, 2.05) is 17.8 Å². The van der Waals surface area contributed by atoms with Gasteiger partial charge in [-0.05, 0) is 84.6 Å². The van der Waals surface area contributed by atoms with Crippen LogP contribution in [0.3, 0.4) is 0 Å². The molecule has 0 amide bonds. The van der Waals surface area contributed by atoms with Crippen LogP contribution in [0.15, 0.2) is 160 Å². The summed E-state index contributed by atoms with van der Waals surface area (Å²) in [5.74, 6) is 0. The molecule has 0 aliphatic carbocycles. The van der Waals surface area contributed by atoms with Crippen molar-refractivity contribution in [3.63, 3.8) is 0 Å². The number of hydrogen-bond acceptors (Lipinski definition) is 2. The minimum atomic E-state index is 0.919.